The number of nitrogens with one attached hydrogen (secondary N) is 1. The van der Waals surface area contributed by atoms with Gasteiger partial charge >= 0.3 is 0 Å². The van der Waals surface area contributed by atoms with Gasteiger partial charge in [-0.1, -0.05) is 12.1 Å². The van der Waals surface area contributed by atoms with E-state index < -0.39 is 10.0 Å². The second-order valence-electron chi connectivity index (χ2n) is 6.34. The average molecular weight is 374 g/mol. The Hall–Kier alpha value is -2.75. The van der Waals surface area contributed by atoms with E-state index in [9.17, 15) is 13.2 Å². The van der Waals surface area contributed by atoms with Crippen molar-refractivity contribution < 1.29 is 13.2 Å². The first-order valence-electron chi connectivity index (χ1n) is 8.34. The molecule has 0 saturated carbocycles. The molecule has 1 amide bonds. The molecular formula is C16H18N6O3S. The first kappa shape index (κ1) is 16.7. The fourth-order valence-electron chi connectivity index (χ4n) is 3.29. The van der Waals surface area contributed by atoms with Gasteiger partial charge in [-0.05, 0) is 25.0 Å². The topological polar surface area (TPSA) is 110 Å². The lowest BCUT2D eigenvalue weighted by Gasteiger charge is -2.34. The molecule has 136 valence electrons. The number of anilines is 1. The van der Waals surface area contributed by atoms with Gasteiger partial charge in [0.2, 0.25) is 5.91 Å². The Morgan fingerprint density at radius 2 is 2.15 bits per heavy atom. The number of likely N-dealkylation sites (tertiary alicyclic amines) is 1. The monoisotopic (exact) mass is 374 g/mol. The van der Waals surface area contributed by atoms with Crippen molar-refractivity contribution in [3.05, 3.63) is 36.9 Å². The molecule has 0 radical (unpaired) electrons. The molecule has 1 atom stereocenters. The molecule has 1 aromatic heterocycles. The molecule has 2 aromatic rings. The van der Waals surface area contributed by atoms with Crippen LogP contribution in [-0.2, 0) is 21.4 Å². The fourth-order valence-corrected chi connectivity index (χ4v) is 4.49. The number of aromatic nitrogens is 3. The number of fused-ring (bicyclic) bond motifs is 1. The number of para-hydroxylation sites is 1. The number of sulfonamides is 1. The summed E-state index contributed by atoms with van der Waals surface area (Å²) < 4.78 is 30.3. The highest BCUT2D eigenvalue weighted by Crippen LogP contribution is 2.30. The van der Waals surface area contributed by atoms with E-state index in [4.69, 9.17) is 0 Å². The van der Waals surface area contributed by atoms with Crippen LogP contribution in [0.3, 0.4) is 0 Å². The number of amides is 1. The Balaban J connectivity index is 1.52. The lowest BCUT2D eigenvalue weighted by molar-refractivity contribution is -0.133. The van der Waals surface area contributed by atoms with Crippen LogP contribution in [0.2, 0.25) is 0 Å². The molecule has 3 heterocycles. The SMILES string of the molecule is O=C(Cn1cncn1)N1CCC[C@@H](C2=NS(=O)(=O)c3ccccc3N2)C1. The standard InChI is InChI=1S/C16H18N6O3S/c23-15(9-22-11-17-10-18-22)21-7-3-4-12(8-21)16-19-13-5-1-2-6-14(13)26(24,25)20-16/h1-2,5-6,10-12H,3-4,7-9H2,(H,19,20)/t12-/m1/s1. The second kappa shape index (κ2) is 6.52. The summed E-state index contributed by atoms with van der Waals surface area (Å²) >= 11 is 0. The molecule has 10 heteroatoms. The van der Waals surface area contributed by atoms with Gasteiger partial charge in [-0.15, -0.1) is 4.40 Å². The summed E-state index contributed by atoms with van der Waals surface area (Å²) in [5.41, 5.74) is 0.531. The summed E-state index contributed by atoms with van der Waals surface area (Å²) in [5.74, 6) is 0.188. The zero-order valence-electron chi connectivity index (χ0n) is 13.9. The molecule has 9 nitrogen and oxygen atoms in total. The van der Waals surface area contributed by atoms with Crippen LogP contribution in [0, 0.1) is 5.92 Å². The number of nitrogens with zero attached hydrogens (tertiary/aromatic N) is 5. The predicted octanol–water partition coefficient (Wildman–Crippen LogP) is 0.730. The van der Waals surface area contributed by atoms with Crippen LogP contribution in [0.15, 0.2) is 46.2 Å². The number of piperidine rings is 1. The van der Waals surface area contributed by atoms with Gasteiger partial charge in [-0.3, -0.25) is 4.79 Å². The Morgan fingerprint density at radius 3 is 2.96 bits per heavy atom. The minimum absolute atomic E-state index is 0.0696. The summed E-state index contributed by atoms with van der Waals surface area (Å²) in [4.78, 5) is 18.2. The molecule has 2 aliphatic heterocycles. The zero-order valence-corrected chi connectivity index (χ0v) is 14.8. The van der Waals surface area contributed by atoms with Gasteiger partial charge in [0.05, 0.1) is 5.69 Å². The second-order valence-corrected chi connectivity index (χ2v) is 7.92. The first-order chi connectivity index (χ1) is 12.5. The third kappa shape index (κ3) is 3.19. The van der Waals surface area contributed by atoms with Crippen LogP contribution >= 0.6 is 0 Å². The van der Waals surface area contributed by atoms with E-state index in [1.165, 1.54) is 23.4 Å². The molecule has 0 aliphatic carbocycles. The summed E-state index contributed by atoms with van der Waals surface area (Å²) in [6.45, 7) is 1.19. The Morgan fingerprint density at radius 1 is 1.31 bits per heavy atom. The van der Waals surface area contributed by atoms with Crippen molar-refractivity contribution in [3.8, 4) is 0 Å². The molecule has 4 rings (SSSR count). The highest BCUT2D eigenvalue weighted by Gasteiger charge is 2.32. The van der Waals surface area contributed by atoms with Gasteiger partial charge in [0.1, 0.15) is 29.9 Å². The molecule has 1 saturated heterocycles. The van der Waals surface area contributed by atoms with E-state index in [1.807, 2.05) is 0 Å². The largest absolute Gasteiger partial charge is 0.342 e. The van der Waals surface area contributed by atoms with Gasteiger partial charge in [0.25, 0.3) is 10.0 Å². The number of carbonyl (C=O) groups is 1. The van der Waals surface area contributed by atoms with Gasteiger partial charge in [-0.2, -0.15) is 13.5 Å². The van der Waals surface area contributed by atoms with Crippen LogP contribution in [-0.4, -0.2) is 52.9 Å². The summed E-state index contributed by atoms with van der Waals surface area (Å²) in [7, 11) is -3.72. The van der Waals surface area contributed by atoms with Gasteiger partial charge in [0.15, 0.2) is 0 Å². The number of hydrogen-bond acceptors (Lipinski definition) is 6. The van der Waals surface area contributed by atoms with E-state index in [1.54, 1.807) is 23.1 Å². The normalized spacial score (nSPS) is 21.5. The van der Waals surface area contributed by atoms with Crippen molar-refractivity contribution in [1.82, 2.24) is 19.7 Å². The van der Waals surface area contributed by atoms with Crippen LogP contribution in [0.25, 0.3) is 0 Å². The Bertz CT molecular complexity index is 954. The molecule has 1 fully saturated rings. The quantitative estimate of drug-likeness (QED) is 0.848. The molecule has 1 aromatic carbocycles. The highest BCUT2D eigenvalue weighted by atomic mass is 32.2. The third-order valence-corrected chi connectivity index (χ3v) is 5.92. The van der Waals surface area contributed by atoms with Crippen molar-refractivity contribution in [2.75, 3.05) is 18.4 Å². The van der Waals surface area contributed by atoms with Crippen LogP contribution in [0.4, 0.5) is 5.69 Å². The summed E-state index contributed by atoms with van der Waals surface area (Å²) in [6.07, 6.45) is 4.44. The molecular weight excluding hydrogens is 356 g/mol. The molecule has 0 unspecified atom stereocenters. The van der Waals surface area contributed by atoms with Crippen molar-refractivity contribution in [1.29, 1.82) is 0 Å². The van der Waals surface area contributed by atoms with Gasteiger partial charge < -0.3 is 10.2 Å². The number of amidine groups is 1. The fraction of sp³-hybridized carbons (Fsp3) is 0.375. The number of rotatable bonds is 3. The molecule has 2 aliphatic rings. The Labute approximate surface area is 150 Å². The molecule has 0 spiro atoms. The van der Waals surface area contributed by atoms with E-state index >= 15 is 0 Å². The average Bonchev–Trinajstić information content (AvgIpc) is 3.14. The van der Waals surface area contributed by atoms with Gasteiger partial charge in [-0.25, -0.2) is 9.67 Å². The maximum absolute atomic E-state index is 12.5. The van der Waals surface area contributed by atoms with Crippen molar-refractivity contribution in [3.63, 3.8) is 0 Å². The van der Waals surface area contributed by atoms with Crippen molar-refractivity contribution >= 4 is 27.5 Å². The zero-order chi connectivity index (χ0) is 18.1. The Kier molecular flexibility index (Phi) is 4.19. The van der Waals surface area contributed by atoms with Crippen molar-refractivity contribution in [2.45, 2.75) is 24.3 Å². The number of hydrogen-bond donors (Lipinski definition) is 1. The summed E-state index contributed by atoms with van der Waals surface area (Å²) in [5, 5.41) is 7.08. The van der Waals surface area contributed by atoms with E-state index in [0.29, 0.717) is 24.6 Å². The van der Waals surface area contributed by atoms with Crippen molar-refractivity contribution in [2.24, 2.45) is 10.3 Å². The maximum Gasteiger partial charge on any atom is 0.286 e. The van der Waals surface area contributed by atoms with Crippen LogP contribution in [0.1, 0.15) is 12.8 Å². The molecule has 26 heavy (non-hydrogen) atoms. The lowest BCUT2D eigenvalue weighted by Crippen LogP contribution is -2.45. The third-order valence-electron chi connectivity index (χ3n) is 4.57. The van der Waals surface area contributed by atoms with E-state index in [-0.39, 0.29) is 23.3 Å². The maximum atomic E-state index is 12.5. The van der Waals surface area contributed by atoms with E-state index in [2.05, 4.69) is 19.8 Å². The number of benzene rings is 1. The molecule has 1 N–H and O–H groups in total. The first-order valence-corrected chi connectivity index (χ1v) is 9.78. The summed E-state index contributed by atoms with van der Waals surface area (Å²) in [6, 6.07) is 6.70. The van der Waals surface area contributed by atoms with E-state index in [0.717, 1.165) is 12.8 Å². The van der Waals surface area contributed by atoms with Gasteiger partial charge in [0, 0.05) is 19.0 Å². The predicted molar refractivity (Wildman–Crippen MR) is 94.0 cm³/mol. The smallest absolute Gasteiger partial charge is 0.286 e. The highest BCUT2D eigenvalue weighted by molar-refractivity contribution is 7.90. The molecule has 0 bridgehead atoms. The lowest BCUT2D eigenvalue weighted by atomic mass is 9.96. The van der Waals surface area contributed by atoms with Crippen LogP contribution < -0.4 is 5.32 Å². The number of carbonyl (C=O) groups excluding carboxylic acids is 1. The minimum Gasteiger partial charge on any atom is -0.342 e. The minimum atomic E-state index is -3.72. The van der Waals surface area contributed by atoms with Crippen LogP contribution in [0.5, 0.6) is 0 Å².